The van der Waals surface area contributed by atoms with Crippen molar-refractivity contribution in [3.8, 4) is 5.75 Å². The molecule has 2 aromatic carbocycles. The van der Waals surface area contributed by atoms with Gasteiger partial charge in [0.25, 0.3) is 0 Å². The number of nitrogens with one attached hydrogen (secondary N) is 1. The van der Waals surface area contributed by atoms with Crippen LogP contribution in [0.1, 0.15) is 11.1 Å². The first kappa shape index (κ1) is 18.6. The number of aryl methyl sites for hydroxylation is 2. The van der Waals surface area contributed by atoms with Crippen LogP contribution in [0.3, 0.4) is 0 Å². The van der Waals surface area contributed by atoms with Crippen molar-refractivity contribution in [3.05, 3.63) is 47.5 Å². The van der Waals surface area contributed by atoms with Gasteiger partial charge in [-0.1, -0.05) is 35.6 Å². The molecule has 1 aliphatic heterocycles. The third-order valence-electron chi connectivity index (χ3n) is 5.12. The predicted octanol–water partition coefficient (Wildman–Crippen LogP) is 4.28. The highest BCUT2D eigenvalue weighted by Crippen LogP contribution is 2.33. The van der Waals surface area contributed by atoms with Gasteiger partial charge in [0.05, 0.1) is 23.0 Å². The van der Waals surface area contributed by atoms with Gasteiger partial charge in [0.1, 0.15) is 5.75 Å². The molecule has 0 atom stereocenters. The van der Waals surface area contributed by atoms with Gasteiger partial charge in [-0.2, -0.15) is 0 Å². The first-order valence-corrected chi connectivity index (χ1v) is 10.2. The van der Waals surface area contributed by atoms with Crippen molar-refractivity contribution in [1.82, 2.24) is 9.88 Å². The molecule has 2 heterocycles. The molecular weight excluding hydrogens is 372 g/mol. The van der Waals surface area contributed by atoms with Gasteiger partial charge in [0.15, 0.2) is 5.13 Å². The summed E-state index contributed by atoms with van der Waals surface area (Å²) < 4.78 is 6.56. The summed E-state index contributed by atoms with van der Waals surface area (Å²) in [6.45, 7) is 7.10. The Morgan fingerprint density at radius 3 is 2.50 bits per heavy atom. The quantitative estimate of drug-likeness (QED) is 0.718. The third kappa shape index (κ3) is 3.49. The minimum Gasteiger partial charge on any atom is -0.495 e. The Hall–Kier alpha value is -2.80. The number of benzene rings is 2. The van der Waals surface area contributed by atoms with E-state index >= 15 is 0 Å². The molecule has 4 rings (SSSR count). The number of ether oxygens (including phenoxy) is 1. The van der Waals surface area contributed by atoms with Crippen LogP contribution in [-0.2, 0) is 0 Å². The number of piperazine rings is 1. The number of hydrogen-bond donors (Lipinski definition) is 1. The van der Waals surface area contributed by atoms with Crippen molar-refractivity contribution in [3.63, 3.8) is 0 Å². The number of urea groups is 1. The number of para-hydroxylation sites is 2. The number of nitrogens with zero attached hydrogens (tertiary/aromatic N) is 3. The zero-order valence-electron chi connectivity index (χ0n) is 16.4. The van der Waals surface area contributed by atoms with Crippen LogP contribution in [-0.4, -0.2) is 49.2 Å². The van der Waals surface area contributed by atoms with Crippen LogP contribution in [0.15, 0.2) is 36.4 Å². The molecule has 2 amide bonds. The summed E-state index contributed by atoms with van der Waals surface area (Å²) in [6.07, 6.45) is 0. The molecule has 0 radical (unpaired) electrons. The lowest BCUT2D eigenvalue weighted by Gasteiger charge is -2.34. The van der Waals surface area contributed by atoms with Crippen LogP contribution in [0, 0.1) is 13.8 Å². The molecule has 28 heavy (non-hydrogen) atoms. The van der Waals surface area contributed by atoms with Gasteiger partial charge < -0.3 is 19.9 Å². The van der Waals surface area contributed by atoms with Gasteiger partial charge in [-0.3, -0.25) is 0 Å². The van der Waals surface area contributed by atoms with E-state index in [0.717, 1.165) is 23.7 Å². The number of amides is 2. The molecule has 1 saturated heterocycles. The molecule has 1 N–H and O–H groups in total. The Morgan fingerprint density at radius 2 is 1.79 bits per heavy atom. The maximum atomic E-state index is 12.6. The van der Waals surface area contributed by atoms with E-state index in [0.29, 0.717) is 24.5 Å². The minimum atomic E-state index is -0.0971. The topological polar surface area (TPSA) is 57.7 Å². The third-order valence-corrected chi connectivity index (χ3v) is 6.37. The fourth-order valence-electron chi connectivity index (χ4n) is 3.43. The number of carbonyl (C=O) groups excluding carboxylic acids is 1. The Labute approximate surface area is 168 Å². The van der Waals surface area contributed by atoms with Gasteiger partial charge in [-0.15, -0.1) is 0 Å². The molecule has 0 bridgehead atoms. The summed E-state index contributed by atoms with van der Waals surface area (Å²) in [4.78, 5) is 21.6. The van der Waals surface area contributed by atoms with E-state index in [1.54, 1.807) is 18.4 Å². The van der Waals surface area contributed by atoms with Crippen molar-refractivity contribution in [2.24, 2.45) is 0 Å². The van der Waals surface area contributed by atoms with Crippen LogP contribution in [0.2, 0.25) is 0 Å². The van der Waals surface area contributed by atoms with E-state index in [4.69, 9.17) is 9.72 Å². The van der Waals surface area contributed by atoms with E-state index in [-0.39, 0.29) is 6.03 Å². The van der Waals surface area contributed by atoms with Crippen LogP contribution in [0.5, 0.6) is 5.75 Å². The highest BCUT2D eigenvalue weighted by atomic mass is 32.1. The number of carbonyl (C=O) groups is 1. The first-order chi connectivity index (χ1) is 13.6. The standard InChI is InChI=1S/C21H24N4O2S/c1-14-8-9-15(2)19-18(14)23-21(28-19)25-12-10-24(11-13-25)20(26)22-16-6-4-5-7-17(16)27-3/h4-9H,10-13H2,1-3H3,(H,22,26). The highest BCUT2D eigenvalue weighted by Gasteiger charge is 2.24. The van der Waals surface area contributed by atoms with Crippen LogP contribution < -0.4 is 15.0 Å². The maximum absolute atomic E-state index is 12.6. The van der Waals surface area contributed by atoms with Crippen molar-refractivity contribution < 1.29 is 9.53 Å². The maximum Gasteiger partial charge on any atom is 0.322 e. The lowest BCUT2D eigenvalue weighted by Crippen LogP contribution is -2.50. The molecule has 0 saturated carbocycles. The molecule has 1 aliphatic rings. The molecule has 0 aliphatic carbocycles. The summed E-state index contributed by atoms with van der Waals surface area (Å²) in [5, 5.41) is 3.99. The average Bonchev–Trinajstić information content (AvgIpc) is 3.18. The monoisotopic (exact) mass is 396 g/mol. The van der Waals surface area contributed by atoms with Gasteiger partial charge in [0, 0.05) is 26.2 Å². The van der Waals surface area contributed by atoms with E-state index in [9.17, 15) is 4.79 Å². The summed E-state index contributed by atoms with van der Waals surface area (Å²) >= 11 is 1.74. The second-order valence-corrected chi connectivity index (χ2v) is 7.96. The number of hydrogen-bond acceptors (Lipinski definition) is 5. The summed E-state index contributed by atoms with van der Waals surface area (Å²) in [5.74, 6) is 0.662. The van der Waals surface area contributed by atoms with Crippen LogP contribution in [0.25, 0.3) is 10.2 Å². The second-order valence-electron chi connectivity index (χ2n) is 6.98. The number of thiazole rings is 1. The highest BCUT2D eigenvalue weighted by molar-refractivity contribution is 7.22. The second kappa shape index (κ2) is 7.67. The lowest BCUT2D eigenvalue weighted by atomic mass is 10.1. The summed E-state index contributed by atoms with van der Waals surface area (Å²) in [5.41, 5.74) is 4.25. The van der Waals surface area contributed by atoms with Gasteiger partial charge in [0.2, 0.25) is 0 Å². The van der Waals surface area contributed by atoms with Crippen molar-refractivity contribution in [2.45, 2.75) is 13.8 Å². The average molecular weight is 397 g/mol. The van der Waals surface area contributed by atoms with E-state index in [1.807, 2.05) is 29.2 Å². The van der Waals surface area contributed by atoms with Crippen LogP contribution >= 0.6 is 11.3 Å². The zero-order chi connectivity index (χ0) is 19.7. The summed E-state index contributed by atoms with van der Waals surface area (Å²) in [6, 6.07) is 11.6. The van der Waals surface area contributed by atoms with Crippen molar-refractivity contribution in [2.75, 3.05) is 43.5 Å². The molecule has 6 nitrogen and oxygen atoms in total. The minimum absolute atomic E-state index is 0.0971. The van der Waals surface area contributed by atoms with Gasteiger partial charge in [-0.25, -0.2) is 9.78 Å². The van der Waals surface area contributed by atoms with E-state index in [1.165, 1.54) is 15.8 Å². The van der Waals surface area contributed by atoms with Crippen molar-refractivity contribution in [1.29, 1.82) is 0 Å². The molecule has 0 unspecified atom stereocenters. The number of fused-ring (bicyclic) bond motifs is 1. The number of anilines is 2. The normalized spacial score (nSPS) is 14.4. The van der Waals surface area contributed by atoms with E-state index in [2.05, 4.69) is 36.2 Å². The molecular formula is C21H24N4O2S. The summed E-state index contributed by atoms with van der Waals surface area (Å²) in [7, 11) is 1.60. The molecule has 1 aromatic heterocycles. The molecule has 3 aromatic rings. The molecule has 0 spiro atoms. The van der Waals surface area contributed by atoms with Gasteiger partial charge in [-0.05, 0) is 37.1 Å². The Morgan fingerprint density at radius 1 is 1.07 bits per heavy atom. The van der Waals surface area contributed by atoms with E-state index < -0.39 is 0 Å². The Balaban J connectivity index is 1.43. The fraction of sp³-hybridized carbons (Fsp3) is 0.333. The lowest BCUT2D eigenvalue weighted by molar-refractivity contribution is 0.208. The predicted molar refractivity (Wildman–Crippen MR) is 115 cm³/mol. The van der Waals surface area contributed by atoms with Crippen LogP contribution in [0.4, 0.5) is 15.6 Å². The number of methoxy groups -OCH3 is 1. The molecule has 1 fully saturated rings. The Bertz CT molecular complexity index is 970. The molecule has 146 valence electrons. The SMILES string of the molecule is COc1ccccc1NC(=O)N1CCN(c2nc3c(C)ccc(C)c3s2)CC1. The zero-order valence-corrected chi connectivity index (χ0v) is 17.2. The Kier molecular flexibility index (Phi) is 5.09. The van der Waals surface area contributed by atoms with Gasteiger partial charge >= 0.3 is 6.03 Å². The molecule has 7 heteroatoms. The van der Waals surface area contributed by atoms with Crippen molar-refractivity contribution >= 4 is 38.4 Å². The smallest absolute Gasteiger partial charge is 0.322 e. The fourth-order valence-corrected chi connectivity index (χ4v) is 4.59. The number of aromatic nitrogens is 1. The largest absolute Gasteiger partial charge is 0.495 e. The number of rotatable bonds is 3. The first-order valence-electron chi connectivity index (χ1n) is 9.37.